The first-order chi connectivity index (χ1) is 11.1. The number of aromatic nitrogens is 4. The second-order valence-electron chi connectivity index (χ2n) is 4.82. The molecule has 23 heavy (non-hydrogen) atoms. The van der Waals surface area contributed by atoms with Gasteiger partial charge in [-0.15, -0.1) is 10.2 Å². The van der Waals surface area contributed by atoms with Gasteiger partial charge in [-0.1, -0.05) is 11.3 Å². The predicted octanol–water partition coefficient (Wildman–Crippen LogP) is 2.10. The van der Waals surface area contributed by atoms with Crippen molar-refractivity contribution in [3.8, 4) is 5.75 Å². The normalized spacial score (nSPS) is 10.7. The summed E-state index contributed by atoms with van der Waals surface area (Å²) in [5.41, 5.74) is 1.78. The molecule has 0 aliphatic carbocycles. The molecule has 8 nitrogen and oxygen atoms in total. The largest absolute Gasteiger partial charge is 0.497 e. The van der Waals surface area contributed by atoms with E-state index < -0.39 is 0 Å². The summed E-state index contributed by atoms with van der Waals surface area (Å²) in [5.74, 6) is 1.58. The number of methoxy groups -OCH3 is 1. The van der Waals surface area contributed by atoms with Gasteiger partial charge in [0.05, 0.1) is 18.1 Å². The number of ether oxygens (including phenoxy) is 1. The summed E-state index contributed by atoms with van der Waals surface area (Å²) in [5, 5.41) is 14.4. The summed E-state index contributed by atoms with van der Waals surface area (Å²) in [6.07, 6.45) is 0.597. The van der Waals surface area contributed by atoms with Crippen molar-refractivity contribution in [3.05, 3.63) is 29.0 Å². The van der Waals surface area contributed by atoms with Crippen LogP contribution in [-0.4, -0.2) is 39.9 Å². The van der Waals surface area contributed by atoms with Gasteiger partial charge in [-0.25, -0.2) is 9.78 Å². The second-order valence-corrected chi connectivity index (χ2v) is 6.01. The highest BCUT2D eigenvalue weighted by Gasteiger charge is 2.07. The highest BCUT2D eigenvalue weighted by molar-refractivity contribution is 7.15. The smallest absolute Gasteiger partial charge is 0.321 e. The second kappa shape index (κ2) is 6.61. The van der Waals surface area contributed by atoms with Crippen LogP contribution < -0.4 is 15.4 Å². The highest BCUT2D eigenvalue weighted by atomic mass is 32.1. The minimum Gasteiger partial charge on any atom is -0.497 e. The standard InChI is InChI=1S/C14H16N6O2S/c1-8-19-20-14(23-8)18-13(21)15-6-5-12-16-10-4-3-9(22-2)7-11(10)17-12/h3-4,7H,5-6H2,1-2H3,(H,16,17)(H2,15,18,20,21). The molecule has 2 heterocycles. The molecule has 3 rings (SSSR count). The van der Waals surface area contributed by atoms with Crippen LogP contribution in [-0.2, 0) is 6.42 Å². The van der Waals surface area contributed by atoms with E-state index in [1.165, 1.54) is 11.3 Å². The Morgan fingerprint density at radius 2 is 2.26 bits per heavy atom. The van der Waals surface area contributed by atoms with Crippen LogP contribution >= 0.6 is 11.3 Å². The van der Waals surface area contributed by atoms with Crippen molar-refractivity contribution in [1.82, 2.24) is 25.5 Å². The zero-order chi connectivity index (χ0) is 16.2. The fraction of sp³-hybridized carbons (Fsp3) is 0.286. The van der Waals surface area contributed by atoms with Crippen LogP contribution in [0.15, 0.2) is 18.2 Å². The van der Waals surface area contributed by atoms with Gasteiger partial charge in [0.15, 0.2) is 0 Å². The molecule has 1 aromatic carbocycles. The first-order valence-corrected chi connectivity index (χ1v) is 7.83. The van der Waals surface area contributed by atoms with E-state index in [0.717, 1.165) is 27.6 Å². The topological polar surface area (TPSA) is 105 Å². The van der Waals surface area contributed by atoms with E-state index >= 15 is 0 Å². The van der Waals surface area contributed by atoms with Crippen LogP contribution in [0.2, 0.25) is 0 Å². The zero-order valence-corrected chi connectivity index (χ0v) is 13.5. The molecule has 0 bridgehead atoms. The summed E-state index contributed by atoms with van der Waals surface area (Å²) in [7, 11) is 1.63. The number of nitrogens with one attached hydrogen (secondary N) is 3. The molecule has 0 unspecified atom stereocenters. The maximum Gasteiger partial charge on any atom is 0.321 e. The molecule has 0 atom stereocenters. The minimum absolute atomic E-state index is 0.307. The number of urea groups is 1. The van der Waals surface area contributed by atoms with Gasteiger partial charge in [0, 0.05) is 19.0 Å². The number of carbonyl (C=O) groups is 1. The number of hydrogen-bond acceptors (Lipinski definition) is 6. The SMILES string of the molecule is COc1ccc2nc(CCNC(=O)Nc3nnc(C)s3)[nH]c2c1. The highest BCUT2D eigenvalue weighted by Crippen LogP contribution is 2.18. The van der Waals surface area contributed by atoms with Crippen molar-refractivity contribution in [1.29, 1.82) is 0 Å². The Hall–Kier alpha value is -2.68. The molecule has 2 amide bonds. The fourth-order valence-electron chi connectivity index (χ4n) is 2.07. The molecule has 0 aliphatic heterocycles. The van der Waals surface area contributed by atoms with Crippen LogP contribution in [0.1, 0.15) is 10.8 Å². The Balaban J connectivity index is 1.53. The molecule has 0 saturated carbocycles. The van der Waals surface area contributed by atoms with Gasteiger partial charge < -0.3 is 15.0 Å². The average Bonchev–Trinajstić information content (AvgIpc) is 3.12. The van der Waals surface area contributed by atoms with Crippen molar-refractivity contribution in [3.63, 3.8) is 0 Å². The molecule has 0 fully saturated rings. The van der Waals surface area contributed by atoms with Gasteiger partial charge in [-0.05, 0) is 19.1 Å². The number of aryl methyl sites for hydroxylation is 1. The van der Waals surface area contributed by atoms with Crippen LogP contribution in [0, 0.1) is 6.92 Å². The van der Waals surface area contributed by atoms with Crippen molar-refractivity contribution in [2.45, 2.75) is 13.3 Å². The molecule has 0 radical (unpaired) electrons. The van der Waals surface area contributed by atoms with Crippen molar-refractivity contribution >= 4 is 33.5 Å². The Morgan fingerprint density at radius 3 is 3.00 bits per heavy atom. The lowest BCUT2D eigenvalue weighted by molar-refractivity contribution is 0.252. The van der Waals surface area contributed by atoms with Gasteiger partial charge in [0.2, 0.25) is 5.13 Å². The number of imidazole rings is 1. The van der Waals surface area contributed by atoms with E-state index in [9.17, 15) is 4.79 Å². The van der Waals surface area contributed by atoms with Crippen LogP contribution in [0.3, 0.4) is 0 Å². The van der Waals surface area contributed by atoms with Crippen molar-refractivity contribution in [2.75, 3.05) is 19.0 Å². The maximum atomic E-state index is 11.7. The van der Waals surface area contributed by atoms with E-state index in [-0.39, 0.29) is 6.03 Å². The molecule has 0 spiro atoms. The van der Waals surface area contributed by atoms with Gasteiger partial charge in [0.25, 0.3) is 0 Å². The molecule has 120 valence electrons. The number of benzene rings is 1. The van der Waals surface area contributed by atoms with Gasteiger partial charge >= 0.3 is 6.03 Å². The fourth-order valence-corrected chi connectivity index (χ4v) is 2.66. The Bertz CT molecular complexity index is 828. The lowest BCUT2D eigenvalue weighted by Crippen LogP contribution is -2.30. The predicted molar refractivity (Wildman–Crippen MR) is 88.0 cm³/mol. The number of fused-ring (bicyclic) bond motifs is 1. The van der Waals surface area contributed by atoms with Crippen molar-refractivity contribution in [2.24, 2.45) is 0 Å². The molecule has 3 N–H and O–H groups in total. The number of carbonyl (C=O) groups excluding carboxylic acids is 1. The third-order valence-corrected chi connectivity index (χ3v) is 3.89. The Morgan fingerprint density at radius 1 is 1.39 bits per heavy atom. The number of rotatable bonds is 5. The molecule has 0 aliphatic rings. The van der Waals surface area contributed by atoms with Crippen LogP contribution in [0.25, 0.3) is 11.0 Å². The monoisotopic (exact) mass is 332 g/mol. The van der Waals surface area contributed by atoms with Gasteiger partial charge in [-0.2, -0.15) is 0 Å². The summed E-state index contributed by atoms with van der Waals surface area (Å²) < 4.78 is 5.18. The Labute approximate surface area is 136 Å². The molecule has 2 aromatic heterocycles. The van der Waals surface area contributed by atoms with E-state index in [2.05, 4.69) is 30.8 Å². The van der Waals surface area contributed by atoms with Gasteiger partial charge in [0.1, 0.15) is 16.6 Å². The maximum absolute atomic E-state index is 11.7. The molecular weight excluding hydrogens is 316 g/mol. The van der Waals surface area contributed by atoms with E-state index in [4.69, 9.17) is 4.74 Å². The van der Waals surface area contributed by atoms with E-state index in [0.29, 0.717) is 18.1 Å². The number of aromatic amines is 1. The van der Waals surface area contributed by atoms with Crippen LogP contribution in [0.4, 0.5) is 9.93 Å². The minimum atomic E-state index is -0.307. The van der Waals surface area contributed by atoms with E-state index in [1.807, 2.05) is 25.1 Å². The summed E-state index contributed by atoms with van der Waals surface area (Å²) in [6, 6.07) is 5.34. The first-order valence-electron chi connectivity index (χ1n) is 7.01. The quantitative estimate of drug-likeness (QED) is 0.663. The molecule has 9 heteroatoms. The summed E-state index contributed by atoms with van der Waals surface area (Å²) >= 11 is 1.33. The average molecular weight is 332 g/mol. The number of hydrogen-bond donors (Lipinski definition) is 3. The number of nitrogens with zero attached hydrogens (tertiary/aromatic N) is 3. The Kier molecular flexibility index (Phi) is 4.38. The number of H-pyrrole nitrogens is 1. The molecular formula is C14H16N6O2S. The third kappa shape index (κ3) is 3.75. The summed E-state index contributed by atoms with van der Waals surface area (Å²) in [6.45, 7) is 2.29. The number of anilines is 1. The van der Waals surface area contributed by atoms with Crippen molar-refractivity contribution < 1.29 is 9.53 Å². The lowest BCUT2D eigenvalue weighted by Gasteiger charge is -2.03. The van der Waals surface area contributed by atoms with Crippen LogP contribution in [0.5, 0.6) is 5.75 Å². The first kappa shape index (κ1) is 15.2. The third-order valence-electron chi connectivity index (χ3n) is 3.13. The molecule has 0 saturated heterocycles. The lowest BCUT2D eigenvalue weighted by atomic mass is 10.3. The zero-order valence-electron chi connectivity index (χ0n) is 12.7. The molecule has 3 aromatic rings. The van der Waals surface area contributed by atoms with E-state index in [1.54, 1.807) is 7.11 Å². The summed E-state index contributed by atoms with van der Waals surface area (Å²) in [4.78, 5) is 19.4. The number of amides is 2. The van der Waals surface area contributed by atoms with Gasteiger partial charge in [-0.3, -0.25) is 5.32 Å².